The van der Waals surface area contributed by atoms with Crippen molar-refractivity contribution in [2.75, 3.05) is 0 Å². The normalized spacial score (nSPS) is 23.6. The molecule has 0 radical (unpaired) electrons. The van der Waals surface area contributed by atoms with Gasteiger partial charge in [0.1, 0.15) is 5.82 Å². The van der Waals surface area contributed by atoms with E-state index in [1.54, 1.807) is 6.07 Å². The minimum absolute atomic E-state index is 0.277. The van der Waals surface area contributed by atoms with Crippen LogP contribution in [-0.4, -0.2) is 6.04 Å². The average Bonchev–Trinajstić information content (AvgIpc) is 2.73. The number of nitriles is 1. The number of benzene rings is 1. The molecule has 0 heterocycles. The first-order valence-corrected chi connectivity index (χ1v) is 6.11. The summed E-state index contributed by atoms with van der Waals surface area (Å²) in [5.41, 5.74) is 1.32. The van der Waals surface area contributed by atoms with Gasteiger partial charge in [-0.3, -0.25) is 0 Å². The topological polar surface area (TPSA) is 35.8 Å². The lowest BCUT2D eigenvalue weighted by Crippen LogP contribution is -2.26. The molecule has 0 aromatic heterocycles. The number of hydrogen-bond donors (Lipinski definition) is 1. The van der Waals surface area contributed by atoms with Gasteiger partial charge in [0, 0.05) is 12.6 Å². The largest absolute Gasteiger partial charge is 0.310 e. The minimum atomic E-state index is -0.277. The maximum atomic E-state index is 13.1. The number of hydrogen-bond acceptors (Lipinski definition) is 2. The monoisotopic (exact) mass is 232 g/mol. The average molecular weight is 232 g/mol. The van der Waals surface area contributed by atoms with Crippen molar-refractivity contribution >= 4 is 0 Å². The van der Waals surface area contributed by atoms with Crippen molar-refractivity contribution in [3.05, 3.63) is 35.1 Å². The number of nitrogens with zero attached hydrogens (tertiary/aromatic N) is 1. The van der Waals surface area contributed by atoms with E-state index in [1.165, 1.54) is 31.4 Å². The van der Waals surface area contributed by atoms with Crippen LogP contribution in [0, 0.1) is 23.1 Å². The van der Waals surface area contributed by atoms with Crippen molar-refractivity contribution in [3.63, 3.8) is 0 Å². The van der Waals surface area contributed by atoms with Crippen molar-refractivity contribution in [1.29, 1.82) is 5.26 Å². The van der Waals surface area contributed by atoms with Crippen LogP contribution in [0.5, 0.6) is 0 Å². The maximum absolute atomic E-state index is 13.1. The van der Waals surface area contributed by atoms with Gasteiger partial charge in [-0.05, 0) is 48.9 Å². The van der Waals surface area contributed by atoms with Gasteiger partial charge in [0.25, 0.3) is 0 Å². The van der Waals surface area contributed by atoms with E-state index in [1.807, 2.05) is 0 Å². The molecule has 1 aliphatic rings. The van der Waals surface area contributed by atoms with Crippen molar-refractivity contribution in [3.8, 4) is 6.07 Å². The Labute approximate surface area is 101 Å². The van der Waals surface area contributed by atoms with Crippen LogP contribution in [0.4, 0.5) is 4.39 Å². The fraction of sp³-hybridized carbons (Fsp3) is 0.500. The summed E-state index contributed by atoms with van der Waals surface area (Å²) in [7, 11) is 0. The molecule has 1 aromatic rings. The van der Waals surface area contributed by atoms with Crippen molar-refractivity contribution < 1.29 is 4.39 Å². The quantitative estimate of drug-likeness (QED) is 0.869. The van der Waals surface area contributed by atoms with E-state index in [0.717, 1.165) is 11.5 Å². The molecule has 1 saturated carbocycles. The summed E-state index contributed by atoms with van der Waals surface area (Å²) in [6, 6.07) is 6.94. The van der Waals surface area contributed by atoms with Gasteiger partial charge in [-0.2, -0.15) is 5.26 Å². The highest BCUT2D eigenvalue weighted by Crippen LogP contribution is 2.25. The van der Waals surface area contributed by atoms with E-state index >= 15 is 0 Å². The summed E-state index contributed by atoms with van der Waals surface area (Å²) in [4.78, 5) is 0. The SMILES string of the molecule is CC1CCC(NCc2cc(F)ccc2C#N)C1. The number of nitrogens with one attached hydrogen (secondary N) is 1. The van der Waals surface area contributed by atoms with E-state index in [9.17, 15) is 4.39 Å². The molecule has 0 bridgehead atoms. The fourth-order valence-electron chi connectivity index (χ4n) is 2.46. The van der Waals surface area contributed by atoms with E-state index in [4.69, 9.17) is 5.26 Å². The van der Waals surface area contributed by atoms with Crippen LogP contribution >= 0.6 is 0 Å². The van der Waals surface area contributed by atoms with Crippen LogP contribution in [0.15, 0.2) is 18.2 Å². The van der Waals surface area contributed by atoms with Gasteiger partial charge < -0.3 is 5.32 Å². The lowest BCUT2D eigenvalue weighted by Gasteiger charge is -2.13. The summed E-state index contributed by atoms with van der Waals surface area (Å²) in [5.74, 6) is 0.496. The second-order valence-electron chi connectivity index (χ2n) is 4.91. The van der Waals surface area contributed by atoms with Crippen LogP contribution in [0.1, 0.15) is 37.3 Å². The molecular formula is C14H17FN2. The molecule has 1 aliphatic carbocycles. The number of halogens is 1. The Bertz CT molecular complexity index is 436. The molecule has 2 nitrogen and oxygen atoms in total. The van der Waals surface area contributed by atoms with Crippen molar-refractivity contribution in [2.45, 2.75) is 38.8 Å². The molecule has 1 fully saturated rings. The molecule has 0 aliphatic heterocycles. The van der Waals surface area contributed by atoms with Crippen LogP contribution in [0.2, 0.25) is 0 Å². The summed E-state index contributed by atoms with van der Waals surface area (Å²) in [6.07, 6.45) is 3.61. The first-order valence-electron chi connectivity index (χ1n) is 6.11. The predicted octanol–water partition coefficient (Wildman–Crippen LogP) is 2.98. The second kappa shape index (κ2) is 5.29. The number of rotatable bonds is 3. The second-order valence-corrected chi connectivity index (χ2v) is 4.91. The Balaban J connectivity index is 1.99. The zero-order chi connectivity index (χ0) is 12.3. The Morgan fingerprint density at radius 3 is 2.94 bits per heavy atom. The fourth-order valence-corrected chi connectivity index (χ4v) is 2.46. The van der Waals surface area contributed by atoms with Crippen molar-refractivity contribution in [1.82, 2.24) is 5.32 Å². The molecule has 0 amide bonds. The van der Waals surface area contributed by atoms with E-state index in [-0.39, 0.29) is 5.82 Å². The minimum Gasteiger partial charge on any atom is -0.310 e. The molecule has 0 spiro atoms. The van der Waals surface area contributed by atoms with Gasteiger partial charge in [0.05, 0.1) is 11.6 Å². The van der Waals surface area contributed by atoms with E-state index < -0.39 is 0 Å². The third-order valence-electron chi connectivity index (χ3n) is 3.46. The molecule has 1 aromatic carbocycles. The third kappa shape index (κ3) is 3.04. The summed E-state index contributed by atoms with van der Waals surface area (Å²) >= 11 is 0. The first-order chi connectivity index (χ1) is 8.19. The molecule has 17 heavy (non-hydrogen) atoms. The highest BCUT2D eigenvalue weighted by Gasteiger charge is 2.20. The Morgan fingerprint density at radius 1 is 1.47 bits per heavy atom. The van der Waals surface area contributed by atoms with Crippen LogP contribution in [0.25, 0.3) is 0 Å². The zero-order valence-electron chi connectivity index (χ0n) is 10.0. The molecule has 90 valence electrons. The van der Waals surface area contributed by atoms with Crippen LogP contribution in [0.3, 0.4) is 0 Å². The lowest BCUT2D eigenvalue weighted by atomic mass is 10.1. The summed E-state index contributed by atoms with van der Waals surface area (Å²) in [6.45, 7) is 2.84. The van der Waals surface area contributed by atoms with Gasteiger partial charge in [-0.25, -0.2) is 4.39 Å². The molecule has 2 atom stereocenters. The standard InChI is InChI=1S/C14H17FN2/c1-10-2-5-14(6-10)17-9-12-7-13(15)4-3-11(12)8-16/h3-4,7,10,14,17H,2,5-6,9H2,1H3. The Hall–Kier alpha value is -1.40. The van der Waals surface area contributed by atoms with Crippen LogP contribution < -0.4 is 5.32 Å². The van der Waals surface area contributed by atoms with Gasteiger partial charge in [0.15, 0.2) is 0 Å². The molecular weight excluding hydrogens is 215 g/mol. The Morgan fingerprint density at radius 2 is 2.29 bits per heavy atom. The van der Waals surface area contributed by atoms with Crippen LogP contribution in [-0.2, 0) is 6.54 Å². The smallest absolute Gasteiger partial charge is 0.123 e. The first kappa shape index (κ1) is 12.1. The third-order valence-corrected chi connectivity index (χ3v) is 3.46. The Kier molecular flexibility index (Phi) is 3.75. The highest BCUT2D eigenvalue weighted by molar-refractivity contribution is 5.37. The van der Waals surface area contributed by atoms with E-state index in [0.29, 0.717) is 18.2 Å². The zero-order valence-corrected chi connectivity index (χ0v) is 10.0. The van der Waals surface area contributed by atoms with E-state index in [2.05, 4.69) is 18.3 Å². The highest BCUT2D eigenvalue weighted by atomic mass is 19.1. The molecule has 1 N–H and O–H groups in total. The molecule has 2 unspecified atom stereocenters. The summed E-state index contributed by atoms with van der Waals surface area (Å²) in [5, 5.41) is 12.4. The molecule has 0 saturated heterocycles. The van der Waals surface area contributed by atoms with Gasteiger partial charge in [-0.1, -0.05) is 6.92 Å². The lowest BCUT2D eigenvalue weighted by molar-refractivity contribution is 0.500. The van der Waals surface area contributed by atoms with Gasteiger partial charge in [0.2, 0.25) is 0 Å². The summed E-state index contributed by atoms with van der Waals surface area (Å²) < 4.78 is 13.1. The molecule has 2 rings (SSSR count). The van der Waals surface area contributed by atoms with Gasteiger partial charge >= 0.3 is 0 Å². The predicted molar refractivity (Wildman–Crippen MR) is 64.8 cm³/mol. The maximum Gasteiger partial charge on any atom is 0.123 e. The molecule has 3 heteroatoms. The van der Waals surface area contributed by atoms with Crippen molar-refractivity contribution in [2.24, 2.45) is 5.92 Å². The van der Waals surface area contributed by atoms with Gasteiger partial charge in [-0.15, -0.1) is 0 Å².